The third-order valence-corrected chi connectivity index (χ3v) is 5.59. The highest BCUT2D eigenvalue weighted by molar-refractivity contribution is 5.81. The summed E-state index contributed by atoms with van der Waals surface area (Å²) in [4.78, 5) is 19.8. The molecule has 28 heavy (non-hydrogen) atoms. The zero-order chi connectivity index (χ0) is 18.9. The molecule has 1 unspecified atom stereocenters. The number of aryl methyl sites for hydroxylation is 1. The summed E-state index contributed by atoms with van der Waals surface area (Å²) in [6.45, 7) is 4.98. The van der Waals surface area contributed by atoms with Crippen molar-refractivity contribution in [2.45, 2.75) is 38.9 Å². The highest BCUT2D eigenvalue weighted by Crippen LogP contribution is 2.34. The Morgan fingerprint density at radius 1 is 1.11 bits per heavy atom. The highest BCUT2D eigenvalue weighted by atomic mass is 15.2. The maximum Gasteiger partial charge on any atom is 0.132 e. The minimum atomic E-state index is 0.0588. The lowest BCUT2D eigenvalue weighted by atomic mass is 10.00. The van der Waals surface area contributed by atoms with Gasteiger partial charge in [-0.2, -0.15) is 0 Å². The number of hydrogen-bond donors (Lipinski definition) is 1. The van der Waals surface area contributed by atoms with E-state index in [2.05, 4.69) is 61.8 Å². The first-order valence-electron chi connectivity index (χ1n) is 9.95. The molecule has 0 fully saturated rings. The van der Waals surface area contributed by atoms with E-state index in [-0.39, 0.29) is 6.04 Å². The lowest BCUT2D eigenvalue weighted by Crippen LogP contribution is -2.37. The van der Waals surface area contributed by atoms with Crippen LogP contribution in [0.1, 0.15) is 42.2 Å². The van der Waals surface area contributed by atoms with Crippen molar-refractivity contribution in [3.8, 4) is 0 Å². The van der Waals surface area contributed by atoms with Crippen LogP contribution in [0.15, 0.2) is 55.2 Å². The number of benzene rings is 1. The molecular weight excluding hydrogens is 348 g/mol. The van der Waals surface area contributed by atoms with Gasteiger partial charge in [-0.3, -0.25) is 9.88 Å². The standard InChI is InChI=1S/C22H24N6/c1-2-11-27-13-10-24-22(27)21-20-19(25-15-26-20)8-12-28(21)14-16-7-9-23-18-6-4-3-5-17(16)18/h3-7,9-10,13,15,21H,2,8,11-12,14H2,1H3,(H,25,26). The molecule has 0 aliphatic carbocycles. The number of rotatable bonds is 5. The van der Waals surface area contributed by atoms with Gasteiger partial charge in [0.05, 0.1) is 17.5 Å². The number of imidazole rings is 2. The van der Waals surface area contributed by atoms with E-state index in [1.165, 1.54) is 16.6 Å². The Bertz CT molecular complexity index is 1090. The number of para-hydroxylation sites is 1. The first kappa shape index (κ1) is 17.1. The maximum atomic E-state index is 4.75. The number of nitrogens with one attached hydrogen (secondary N) is 1. The zero-order valence-electron chi connectivity index (χ0n) is 16.0. The molecule has 6 nitrogen and oxygen atoms in total. The van der Waals surface area contributed by atoms with Crippen molar-refractivity contribution in [1.29, 1.82) is 0 Å². The fourth-order valence-electron chi connectivity index (χ4n) is 4.29. The molecule has 0 saturated heterocycles. The van der Waals surface area contributed by atoms with E-state index in [1.807, 2.05) is 24.8 Å². The van der Waals surface area contributed by atoms with Crippen LogP contribution in [0.2, 0.25) is 0 Å². The van der Waals surface area contributed by atoms with Crippen LogP contribution in [0.3, 0.4) is 0 Å². The Morgan fingerprint density at radius 3 is 2.96 bits per heavy atom. The second-order valence-electron chi connectivity index (χ2n) is 7.36. The molecule has 5 rings (SSSR count). The van der Waals surface area contributed by atoms with Crippen LogP contribution < -0.4 is 0 Å². The molecule has 0 saturated carbocycles. The van der Waals surface area contributed by atoms with Crippen LogP contribution in [0.4, 0.5) is 0 Å². The zero-order valence-corrected chi connectivity index (χ0v) is 16.0. The van der Waals surface area contributed by atoms with Gasteiger partial charge in [0.1, 0.15) is 11.9 Å². The second-order valence-corrected chi connectivity index (χ2v) is 7.36. The van der Waals surface area contributed by atoms with Gasteiger partial charge < -0.3 is 9.55 Å². The molecule has 4 aromatic rings. The molecule has 1 aromatic carbocycles. The summed E-state index contributed by atoms with van der Waals surface area (Å²) < 4.78 is 2.27. The van der Waals surface area contributed by atoms with E-state index in [1.54, 1.807) is 0 Å². The molecule has 1 aliphatic heterocycles. The molecule has 0 amide bonds. The first-order valence-corrected chi connectivity index (χ1v) is 9.95. The number of aromatic nitrogens is 5. The van der Waals surface area contributed by atoms with E-state index in [4.69, 9.17) is 4.98 Å². The number of nitrogens with zero attached hydrogens (tertiary/aromatic N) is 5. The molecule has 1 atom stereocenters. The van der Waals surface area contributed by atoms with Crippen molar-refractivity contribution in [3.63, 3.8) is 0 Å². The summed E-state index contributed by atoms with van der Waals surface area (Å²) in [5, 5.41) is 1.22. The molecule has 0 bridgehead atoms. The van der Waals surface area contributed by atoms with Crippen molar-refractivity contribution in [3.05, 3.63) is 78.0 Å². The number of fused-ring (bicyclic) bond motifs is 2. The molecule has 0 spiro atoms. The van der Waals surface area contributed by atoms with Crippen molar-refractivity contribution in [2.24, 2.45) is 0 Å². The Balaban J connectivity index is 1.57. The first-order chi connectivity index (χ1) is 13.8. The van der Waals surface area contributed by atoms with Gasteiger partial charge in [-0.1, -0.05) is 25.1 Å². The Kier molecular flexibility index (Phi) is 4.41. The van der Waals surface area contributed by atoms with Crippen LogP contribution in [0.5, 0.6) is 0 Å². The third kappa shape index (κ3) is 2.90. The Labute approximate surface area is 164 Å². The van der Waals surface area contributed by atoms with Gasteiger partial charge in [0.2, 0.25) is 0 Å². The minimum absolute atomic E-state index is 0.0588. The Morgan fingerprint density at radius 2 is 2.04 bits per heavy atom. The average molecular weight is 372 g/mol. The topological polar surface area (TPSA) is 62.6 Å². The number of hydrogen-bond acceptors (Lipinski definition) is 4. The largest absolute Gasteiger partial charge is 0.348 e. The van der Waals surface area contributed by atoms with Crippen molar-refractivity contribution in [2.75, 3.05) is 6.54 Å². The third-order valence-electron chi connectivity index (χ3n) is 5.59. The highest BCUT2D eigenvalue weighted by Gasteiger charge is 2.34. The molecule has 4 heterocycles. The van der Waals surface area contributed by atoms with Crippen molar-refractivity contribution >= 4 is 10.9 Å². The maximum absolute atomic E-state index is 4.75. The fraction of sp³-hybridized carbons (Fsp3) is 0.318. The van der Waals surface area contributed by atoms with Gasteiger partial charge in [-0.05, 0) is 24.1 Å². The molecule has 1 N–H and O–H groups in total. The number of pyridine rings is 1. The quantitative estimate of drug-likeness (QED) is 0.580. The van der Waals surface area contributed by atoms with Gasteiger partial charge in [-0.15, -0.1) is 0 Å². The molecule has 1 aliphatic rings. The van der Waals surface area contributed by atoms with Crippen LogP contribution in [0, 0.1) is 0 Å². The molecule has 142 valence electrons. The lowest BCUT2D eigenvalue weighted by Gasteiger charge is -2.35. The number of H-pyrrole nitrogens is 1. The van der Waals surface area contributed by atoms with Crippen LogP contribution in [0.25, 0.3) is 10.9 Å². The average Bonchev–Trinajstić information content (AvgIpc) is 3.38. The van der Waals surface area contributed by atoms with E-state index in [0.717, 1.165) is 49.5 Å². The summed E-state index contributed by atoms with van der Waals surface area (Å²) in [5.41, 5.74) is 4.67. The summed E-state index contributed by atoms with van der Waals surface area (Å²) in [6.07, 6.45) is 9.78. The molecule has 3 aromatic heterocycles. The molecular formula is C22H24N6. The number of aromatic amines is 1. The van der Waals surface area contributed by atoms with Gasteiger partial charge in [0.25, 0.3) is 0 Å². The SMILES string of the molecule is CCCn1ccnc1C1c2nc[nH]c2CCN1Cc1ccnc2ccccc12. The molecule has 0 radical (unpaired) electrons. The van der Waals surface area contributed by atoms with Gasteiger partial charge >= 0.3 is 0 Å². The second kappa shape index (κ2) is 7.20. The van der Waals surface area contributed by atoms with Gasteiger partial charge in [0.15, 0.2) is 0 Å². The lowest BCUT2D eigenvalue weighted by molar-refractivity contribution is 0.190. The van der Waals surface area contributed by atoms with Crippen LogP contribution >= 0.6 is 0 Å². The summed E-state index contributed by atoms with van der Waals surface area (Å²) in [7, 11) is 0. The van der Waals surface area contributed by atoms with Gasteiger partial charge in [0, 0.05) is 55.7 Å². The van der Waals surface area contributed by atoms with Crippen LogP contribution in [-0.2, 0) is 19.5 Å². The van der Waals surface area contributed by atoms with E-state index in [9.17, 15) is 0 Å². The summed E-state index contributed by atoms with van der Waals surface area (Å²) >= 11 is 0. The Hall–Kier alpha value is -2.99. The monoisotopic (exact) mass is 372 g/mol. The van der Waals surface area contributed by atoms with E-state index < -0.39 is 0 Å². The van der Waals surface area contributed by atoms with E-state index >= 15 is 0 Å². The van der Waals surface area contributed by atoms with Gasteiger partial charge in [-0.25, -0.2) is 9.97 Å². The van der Waals surface area contributed by atoms with Crippen molar-refractivity contribution < 1.29 is 0 Å². The summed E-state index contributed by atoms with van der Waals surface area (Å²) in [6, 6.07) is 10.6. The predicted molar refractivity (Wildman–Crippen MR) is 109 cm³/mol. The van der Waals surface area contributed by atoms with Crippen molar-refractivity contribution in [1.82, 2.24) is 29.4 Å². The minimum Gasteiger partial charge on any atom is -0.348 e. The van der Waals surface area contributed by atoms with E-state index in [0.29, 0.717) is 0 Å². The molecule has 6 heteroatoms. The smallest absolute Gasteiger partial charge is 0.132 e. The normalized spacial score (nSPS) is 17.1. The van der Waals surface area contributed by atoms with Crippen LogP contribution in [-0.4, -0.2) is 35.9 Å². The predicted octanol–water partition coefficient (Wildman–Crippen LogP) is 3.71. The summed E-state index contributed by atoms with van der Waals surface area (Å²) in [5.74, 6) is 1.08. The fourth-order valence-corrected chi connectivity index (χ4v) is 4.29.